The fourth-order valence-corrected chi connectivity index (χ4v) is 2.15. The highest BCUT2D eigenvalue weighted by Gasteiger charge is 2.24. The van der Waals surface area contributed by atoms with Crippen molar-refractivity contribution in [2.75, 3.05) is 13.2 Å². The van der Waals surface area contributed by atoms with Crippen molar-refractivity contribution < 1.29 is 14.3 Å². The van der Waals surface area contributed by atoms with Gasteiger partial charge in [0, 0.05) is 12.8 Å². The summed E-state index contributed by atoms with van der Waals surface area (Å²) in [5.41, 5.74) is 0.570. The van der Waals surface area contributed by atoms with Gasteiger partial charge >= 0.3 is 5.97 Å². The van der Waals surface area contributed by atoms with E-state index in [9.17, 15) is 4.79 Å². The molecule has 0 amide bonds. The van der Waals surface area contributed by atoms with E-state index in [-0.39, 0.29) is 17.9 Å². The second kappa shape index (κ2) is 6.89. The van der Waals surface area contributed by atoms with E-state index in [2.05, 4.69) is 11.6 Å². The second-order valence-electron chi connectivity index (χ2n) is 4.72. The third kappa shape index (κ3) is 3.70. The maximum atomic E-state index is 11.8. The zero-order valence-corrected chi connectivity index (χ0v) is 11.6. The van der Waals surface area contributed by atoms with Gasteiger partial charge in [-0.2, -0.15) is 0 Å². The van der Waals surface area contributed by atoms with Gasteiger partial charge in [-0.15, -0.1) is 6.58 Å². The fourth-order valence-electron chi connectivity index (χ4n) is 2.15. The summed E-state index contributed by atoms with van der Waals surface area (Å²) >= 11 is 0. The first-order valence-corrected chi connectivity index (χ1v) is 6.72. The van der Waals surface area contributed by atoms with Crippen LogP contribution < -0.4 is 0 Å². The molecule has 0 aromatic heterocycles. The number of hydrogen-bond acceptors (Lipinski definition) is 4. The quantitative estimate of drug-likeness (QED) is 0.591. The summed E-state index contributed by atoms with van der Waals surface area (Å²) in [4.78, 5) is 16.2. The van der Waals surface area contributed by atoms with Crippen LogP contribution in [0.2, 0.25) is 0 Å². The average Bonchev–Trinajstić information content (AvgIpc) is 2.90. The Morgan fingerprint density at radius 2 is 2.30 bits per heavy atom. The summed E-state index contributed by atoms with van der Waals surface area (Å²) < 4.78 is 10.6. The van der Waals surface area contributed by atoms with E-state index in [0.29, 0.717) is 31.1 Å². The summed E-state index contributed by atoms with van der Waals surface area (Å²) in [6.07, 6.45) is 2.55. The summed E-state index contributed by atoms with van der Waals surface area (Å²) in [6, 6.07) is 9.07. The molecule has 0 saturated heterocycles. The van der Waals surface area contributed by atoms with E-state index in [1.807, 2.05) is 31.2 Å². The van der Waals surface area contributed by atoms with Crippen LogP contribution in [0.25, 0.3) is 0 Å². The Morgan fingerprint density at radius 1 is 1.55 bits per heavy atom. The van der Waals surface area contributed by atoms with Crippen LogP contribution in [0.1, 0.15) is 23.7 Å². The lowest BCUT2D eigenvalue weighted by atomic mass is 9.98. The second-order valence-corrected chi connectivity index (χ2v) is 4.72. The number of benzene rings is 1. The van der Waals surface area contributed by atoms with Crippen LogP contribution in [0.4, 0.5) is 0 Å². The van der Waals surface area contributed by atoms with E-state index >= 15 is 0 Å². The van der Waals surface area contributed by atoms with Crippen LogP contribution in [0, 0.1) is 5.92 Å². The number of rotatable bonds is 6. The Morgan fingerprint density at radius 3 is 2.90 bits per heavy atom. The number of esters is 1. The number of aliphatic imine (C=N–C) groups is 1. The maximum absolute atomic E-state index is 11.8. The minimum atomic E-state index is -0.296. The van der Waals surface area contributed by atoms with Crippen molar-refractivity contribution in [2.24, 2.45) is 10.9 Å². The van der Waals surface area contributed by atoms with Gasteiger partial charge in [-0.25, -0.2) is 9.79 Å². The smallest absolute Gasteiger partial charge is 0.338 e. The summed E-state index contributed by atoms with van der Waals surface area (Å²) in [5, 5.41) is 0. The molecule has 1 aliphatic rings. The minimum Gasteiger partial charge on any atom is -0.479 e. The molecule has 2 rings (SSSR count). The van der Waals surface area contributed by atoms with Gasteiger partial charge in [0.1, 0.15) is 6.61 Å². The molecular weight excluding hydrogens is 254 g/mol. The Labute approximate surface area is 119 Å². The lowest BCUT2D eigenvalue weighted by molar-refractivity contribution is 0.0484. The molecule has 0 radical (unpaired) electrons. The maximum Gasteiger partial charge on any atom is 0.338 e. The fraction of sp³-hybridized carbons (Fsp3) is 0.375. The number of nitrogens with zero attached hydrogens (tertiary/aromatic N) is 1. The molecular formula is C16H19NO3. The number of carbonyl (C=O) groups is 1. The summed E-state index contributed by atoms with van der Waals surface area (Å²) in [5.74, 6) is 0.579. The predicted molar refractivity (Wildman–Crippen MR) is 77.9 cm³/mol. The SMILES string of the molecule is C=C[C@H](CCOC(=O)c1ccccc1)[C@@H]1COC(C)=N1. The molecule has 1 aromatic carbocycles. The van der Waals surface area contributed by atoms with Gasteiger partial charge < -0.3 is 9.47 Å². The minimum absolute atomic E-state index is 0.0860. The number of ether oxygens (including phenoxy) is 2. The van der Waals surface area contributed by atoms with Crippen LogP contribution in [-0.4, -0.2) is 31.1 Å². The third-order valence-electron chi connectivity index (χ3n) is 3.30. The topological polar surface area (TPSA) is 47.9 Å². The molecule has 0 bridgehead atoms. The van der Waals surface area contributed by atoms with E-state index in [0.717, 1.165) is 0 Å². The first-order chi connectivity index (χ1) is 9.70. The van der Waals surface area contributed by atoms with Gasteiger partial charge in [0.25, 0.3) is 0 Å². The van der Waals surface area contributed by atoms with Gasteiger partial charge in [-0.05, 0) is 18.6 Å². The van der Waals surface area contributed by atoms with Crippen LogP contribution >= 0.6 is 0 Å². The zero-order valence-electron chi connectivity index (χ0n) is 11.6. The average molecular weight is 273 g/mol. The van der Waals surface area contributed by atoms with Crippen molar-refractivity contribution in [2.45, 2.75) is 19.4 Å². The standard InChI is InChI=1S/C16H19NO3/c1-3-13(15-11-20-12(2)17-15)9-10-19-16(18)14-7-5-4-6-8-14/h3-8,13,15H,1,9-11H2,2H3/t13-,15+/m1/s1. The lowest BCUT2D eigenvalue weighted by Gasteiger charge is -2.16. The van der Waals surface area contributed by atoms with E-state index in [1.54, 1.807) is 12.1 Å². The Kier molecular flexibility index (Phi) is 4.93. The van der Waals surface area contributed by atoms with Crippen LogP contribution in [-0.2, 0) is 9.47 Å². The van der Waals surface area contributed by atoms with E-state index in [4.69, 9.17) is 9.47 Å². The molecule has 0 fully saturated rings. The van der Waals surface area contributed by atoms with Gasteiger partial charge in [0.2, 0.25) is 0 Å². The Balaban J connectivity index is 1.80. The van der Waals surface area contributed by atoms with Gasteiger partial charge in [0.15, 0.2) is 5.90 Å². The molecule has 2 atom stereocenters. The monoisotopic (exact) mass is 273 g/mol. The normalized spacial score (nSPS) is 18.9. The van der Waals surface area contributed by atoms with Crippen molar-refractivity contribution in [3.8, 4) is 0 Å². The Hall–Kier alpha value is -2.10. The van der Waals surface area contributed by atoms with Gasteiger partial charge in [-0.1, -0.05) is 24.3 Å². The van der Waals surface area contributed by atoms with Crippen molar-refractivity contribution in [1.82, 2.24) is 0 Å². The van der Waals surface area contributed by atoms with Crippen molar-refractivity contribution in [3.05, 3.63) is 48.6 Å². The molecule has 0 spiro atoms. The van der Waals surface area contributed by atoms with Crippen molar-refractivity contribution >= 4 is 11.9 Å². The molecule has 0 aliphatic carbocycles. The highest BCUT2D eigenvalue weighted by molar-refractivity contribution is 5.89. The highest BCUT2D eigenvalue weighted by atomic mass is 16.5. The predicted octanol–water partition coefficient (Wildman–Crippen LogP) is 2.85. The molecule has 0 N–H and O–H groups in total. The van der Waals surface area contributed by atoms with Crippen LogP contribution in [0.15, 0.2) is 48.0 Å². The van der Waals surface area contributed by atoms with Crippen molar-refractivity contribution in [1.29, 1.82) is 0 Å². The largest absolute Gasteiger partial charge is 0.479 e. The molecule has 106 valence electrons. The third-order valence-corrected chi connectivity index (χ3v) is 3.30. The first kappa shape index (κ1) is 14.3. The number of hydrogen-bond donors (Lipinski definition) is 0. The van der Waals surface area contributed by atoms with E-state index in [1.165, 1.54) is 0 Å². The molecule has 20 heavy (non-hydrogen) atoms. The summed E-state index contributed by atoms with van der Waals surface area (Å²) in [6.45, 7) is 6.60. The highest BCUT2D eigenvalue weighted by Crippen LogP contribution is 2.19. The molecule has 1 aromatic rings. The van der Waals surface area contributed by atoms with Gasteiger partial charge in [0.05, 0.1) is 18.2 Å². The molecule has 0 saturated carbocycles. The van der Waals surface area contributed by atoms with Crippen LogP contribution in [0.3, 0.4) is 0 Å². The van der Waals surface area contributed by atoms with E-state index < -0.39 is 0 Å². The number of carbonyl (C=O) groups excluding carboxylic acids is 1. The summed E-state index contributed by atoms with van der Waals surface area (Å²) in [7, 11) is 0. The first-order valence-electron chi connectivity index (χ1n) is 6.72. The molecule has 4 heteroatoms. The van der Waals surface area contributed by atoms with Gasteiger partial charge in [-0.3, -0.25) is 0 Å². The van der Waals surface area contributed by atoms with Crippen molar-refractivity contribution in [3.63, 3.8) is 0 Å². The Bertz CT molecular complexity index is 496. The molecule has 1 heterocycles. The molecule has 0 unspecified atom stereocenters. The lowest BCUT2D eigenvalue weighted by Crippen LogP contribution is -2.20. The molecule has 1 aliphatic heterocycles. The zero-order chi connectivity index (χ0) is 14.4. The van der Waals surface area contributed by atoms with Crippen LogP contribution in [0.5, 0.6) is 0 Å². The molecule has 4 nitrogen and oxygen atoms in total.